The number of nitrogens with zero attached hydrogens (tertiary/aromatic N) is 1. The number of amides is 2. The van der Waals surface area contributed by atoms with E-state index in [1.807, 2.05) is 0 Å². The van der Waals surface area contributed by atoms with Gasteiger partial charge in [0.05, 0.1) is 12.2 Å². The van der Waals surface area contributed by atoms with Crippen molar-refractivity contribution in [3.63, 3.8) is 0 Å². The number of nitrogens with one attached hydrogen (secondary N) is 2. The Morgan fingerprint density at radius 2 is 1.85 bits per heavy atom. The molecule has 0 spiro atoms. The van der Waals surface area contributed by atoms with Crippen LogP contribution in [0.1, 0.15) is 49.5 Å². The van der Waals surface area contributed by atoms with Crippen molar-refractivity contribution in [2.24, 2.45) is 7.05 Å². The Bertz CT molecular complexity index is 893. The number of carbonyl (C=O) groups excluding carboxylic acids is 4. The fourth-order valence-electron chi connectivity index (χ4n) is 2.59. The van der Waals surface area contributed by atoms with Gasteiger partial charge in [0.1, 0.15) is 11.4 Å². The van der Waals surface area contributed by atoms with Crippen molar-refractivity contribution in [1.82, 2.24) is 14.9 Å². The third-order valence-electron chi connectivity index (χ3n) is 3.88. The van der Waals surface area contributed by atoms with Crippen molar-refractivity contribution < 1.29 is 28.7 Å². The zero-order chi connectivity index (χ0) is 20.1. The monoisotopic (exact) mass is 375 g/mol. The normalized spacial score (nSPS) is 10.4. The van der Waals surface area contributed by atoms with Crippen molar-refractivity contribution in [3.05, 3.63) is 46.5 Å². The lowest BCUT2D eigenvalue weighted by Crippen LogP contribution is -2.35. The molecule has 2 N–H and O–H groups in total. The molecule has 0 radical (unpaired) electrons. The molecule has 0 fully saturated rings. The molecule has 2 rings (SSSR count). The number of aromatic amines is 1. The average Bonchev–Trinajstić information content (AvgIpc) is 3.16. The van der Waals surface area contributed by atoms with Gasteiger partial charge in [0, 0.05) is 18.9 Å². The summed E-state index contributed by atoms with van der Waals surface area (Å²) in [6.07, 6.45) is 1.66. The minimum atomic E-state index is -0.779. The van der Waals surface area contributed by atoms with E-state index in [4.69, 9.17) is 9.47 Å². The molecule has 2 amide bonds. The topological polar surface area (TPSA) is 119 Å². The van der Waals surface area contributed by atoms with E-state index in [9.17, 15) is 19.2 Å². The van der Waals surface area contributed by atoms with E-state index >= 15 is 0 Å². The summed E-state index contributed by atoms with van der Waals surface area (Å²) in [5.41, 5.74) is 1.40. The van der Waals surface area contributed by atoms with Gasteiger partial charge in [-0.1, -0.05) is 0 Å². The van der Waals surface area contributed by atoms with Gasteiger partial charge >= 0.3 is 11.9 Å². The highest BCUT2D eigenvalue weighted by Gasteiger charge is 2.24. The van der Waals surface area contributed by atoms with Crippen LogP contribution in [0.5, 0.6) is 0 Å². The summed E-state index contributed by atoms with van der Waals surface area (Å²) in [7, 11) is 1.66. The molecule has 0 saturated carbocycles. The Morgan fingerprint density at radius 1 is 1.15 bits per heavy atom. The van der Waals surface area contributed by atoms with Gasteiger partial charge in [-0.2, -0.15) is 0 Å². The minimum Gasteiger partial charge on any atom is -0.461 e. The second-order valence-electron chi connectivity index (χ2n) is 5.80. The Hall–Kier alpha value is -3.36. The summed E-state index contributed by atoms with van der Waals surface area (Å²) >= 11 is 0. The van der Waals surface area contributed by atoms with Crippen LogP contribution in [0.4, 0.5) is 0 Å². The number of esters is 2. The van der Waals surface area contributed by atoms with Crippen molar-refractivity contribution in [2.45, 2.75) is 20.8 Å². The molecule has 0 saturated heterocycles. The number of carbonyl (C=O) groups is 4. The maximum atomic E-state index is 12.3. The molecular formula is C18H21N3O6. The standard InChI is InChI=1S/C18H21N3O6/c1-5-26-18(25)15-10(2)14(11(3)19-15)17(24)27-9-13(22)20-16(23)12-7-6-8-21(12)4/h6-8,19H,5,9H2,1-4H3,(H,20,22,23). The molecule has 2 heterocycles. The van der Waals surface area contributed by atoms with Crippen molar-refractivity contribution in [3.8, 4) is 0 Å². The second kappa shape index (κ2) is 8.35. The van der Waals surface area contributed by atoms with Crippen molar-refractivity contribution in [1.29, 1.82) is 0 Å². The number of hydrogen-bond donors (Lipinski definition) is 2. The number of ether oxygens (including phenoxy) is 2. The zero-order valence-electron chi connectivity index (χ0n) is 15.5. The molecule has 0 aliphatic carbocycles. The van der Waals surface area contributed by atoms with E-state index < -0.39 is 30.4 Å². The first-order chi connectivity index (χ1) is 12.8. The lowest BCUT2D eigenvalue weighted by Gasteiger charge is -2.07. The fraction of sp³-hybridized carbons (Fsp3) is 0.333. The van der Waals surface area contributed by atoms with Crippen LogP contribution in [-0.2, 0) is 21.3 Å². The number of aromatic nitrogens is 2. The number of aryl methyl sites for hydroxylation is 2. The lowest BCUT2D eigenvalue weighted by molar-refractivity contribution is -0.123. The SMILES string of the molecule is CCOC(=O)c1[nH]c(C)c(C(=O)OCC(=O)NC(=O)c2cccn2C)c1C. The number of rotatable bonds is 6. The van der Waals surface area contributed by atoms with Gasteiger partial charge in [0.15, 0.2) is 6.61 Å². The van der Waals surface area contributed by atoms with Gasteiger partial charge in [0.25, 0.3) is 11.8 Å². The van der Waals surface area contributed by atoms with Crippen LogP contribution in [0.3, 0.4) is 0 Å². The molecule has 0 aliphatic heterocycles. The van der Waals surface area contributed by atoms with E-state index in [0.717, 1.165) is 0 Å². The lowest BCUT2D eigenvalue weighted by atomic mass is 10.1. The summed E-state index contributed by atoms with van der Waals surface area (Å²) in [5.74, 6) is -2.71. The summed E-state index contributed by atoms with van der Waals surface area (Å²) in [4.78, 5) is 50.8. The molecule has 144 valence electrons. The van der Waals surface area contributed by atoms with Crippen LogP contribution in [0.25, 0.3) is 0 Å². The van der Waals surface area contributed by atoms with Crippen LogP contribution in [-0.4, -0.2) is 46.5 Å². The maximum Gasteiger partial charge on any atom is 0.355 e. The second-order valence-corrected chi connectivity index (χ2v) is 5.80. The zero-order valence-corrected chi connectivity index (χ0v) is 15.5. The van der Waals surface area contributed by atoms with Crippen LogP contribution in [0.2, 0.25) is 0 Å². The van der Waals surface area contributed by atoms with Crippen LogP contribution in [0.15, 0.2) is 18.3 Å². The van der Waals surface area contributed by atoms with E-state index in [0.29, 0.717) is 17.0 Å². The Labute approximate surface area is 155 Å². The number of hydrogen-bond acceptors (Lipinski definition) is 6. The summed E-state index contributed by atoms with van der Waals surface area (Å²) in [5, 5.41) is 2.14. The quantitative estimate of drug-likeness (QED) is 0.734. The molecule has 9 heteroatoms. The molecule has 0 unspecified atom stereocenters. The van der Waals surface area contributed by atoms with Gasteiger partial charge < -0.3 is 19.0 Å². The highest BCUT2D eigenvalue weighted by atomic mass is 16.5. The molecule has 27 heavy (non-hydrogen) atoms. The minimum absolute atomic E-state index is 0.152. The number of H-pyrrole nitrogens is 1. The van der Waals surface area contributed by atoms with Crippen LogP contribution < -0.4 is 5.32 Å². The van der Waals surface area contributed by atoms with Crippen molar-refractivity contribution >= 4 is 23.8 Å². The highest BCUT2D eigenvalue weighted by Crippen LogP contribution is 2.19. The third-order valence-corrected chi connectivity index (χ3v) is 3.88. The van der Waals surface area contributed by atoms with E-state index in [1.54, 1.807) is 50.7 Å². The van der Waals surface area contributed by atoms with Gasteiger partial charge in [-0.15, -0.1) is 0 Å². The van der Waals surface area contributed by atoms with E-state index in [1.165, 1.54) is 0 Å². The molecule has 2 aromatic heterocycles. The first-order valence-electron chi connectivity index (χ1n) is 8.25. The van der Waals surface area contributed by atoms with E-state index in [2.05, 4.69) is 10.3 Å². The first-order valence-corrected chi connectivity index (χ1v) is 8.25. The largest absolute Gasteiger partial charge is 0.461 e. The van der Waals surface area contributed by atoms with Crippen LogP contribution in [0, 0.1) is 13.8 Å². The van der Waals surface area contributed by atoms with Gasteiger partial charge in [-0.3, -0.25) is 14.9 Å². The molecule has 0 aromatic carbocycles. The first kappa shape index (κ1) is 20.0. The Kier molecular flexibility index (Phi) is 6.17. The molecule has 0 atom stereocenters. The smallest absolute Gasteiger partial charge is 0.355 e. The summed E-state index contributed by atoms with van der Waals surface area (Å²) in [6.45, 7) is 4.42. The molecule has 0 aliphatic rings. The maximum absolute atomic E-state index is 12.3. The molecule has 2 aromatic rings. The average molecular weight is 375 g/mol. The highest BCUT2D eigenvalue weighted by molar-refractivity contribution is 6.05. The molecule has 0 bridgehead atoms. The van der Waals surface area contributed by atoms with Gasteiger partial charge in [-0.25, -0.2) is 9.59 Å². The van der Waals surface area contributed by atoms with Crippen LogP contribution >= 0.6 is 0 Å². The molecule has 9 nitrogen and oxygen atoms in total. The predicted octanol–water partition coefficient (Wildman–Crippen LogP) is 1.26. The third kappa shape index (κ3) is 4.43. The summed E-state index contributed by atoms with van der Waals surface area (Å²) < 4.78 is 11.4. The Balaban J connectivity index is 1.99. The number of imide groups is 1. The van der Waals surface area contributed by atoms with Gasteiger partial charge in [0.2, 0.25) is 0 Å². The van der Waals surface area contributed by atoms with Crippen molar-refractivity contribution in [2.75, 3.05) is 13.2 Å². The predicted molar refractivity (Wildman–Crippen MR) is 94.4 cm³/mol. The summed E-state index contributed by atoms with van der Waals surface area (Å²) in [6, 6.07) is 3.22. The molecular weight excluding hydrogens is 354 g/mol. The van der Waals surface area contributed by atoms with E-state index in [-0.39, 0.29) is 17.9 Å². The fourth-order valence-corrected chi connectivity index (χ4v) is 2.59. The Morgan fingerprint density at radius 3 is 2.44 bits per heavy atom. The van der Waals surface area contributed by atoms with Gasteiger partial charge in [-0.05, 0) is 38.5 Å².